The molecule has 0 spiro atoms. The fourth-order valence-corrected chi connectivity index (χ4v) is 2.66. The van der Waals surface area contributed by atoms with E-state index in [0.717, 1.165) is 25.7 Å². The van der Waals surface area contributed by atoms with Crippen LogP contribution in [0.2, 0.25) is 5.02 Å². The van der Waals surface area contributed by atoms with Gasteiger partial charge in [-0.05, 0) is 31.0 Å². The summed E-state index contributed by atoms with van der Waals surface area (Å²) >= 11 is 5.84. The van der Waals surface area contributed by atoms with Gasteiger partial charge in [0.15, 0.2) is 0 Å². The van der Waals surface area contributed by atoms with E-state index in [-0.39, 0.29) is 16.8 Å². The molecular formula is C15H19ClFNO2. The summed E-state index contributed by atoms with van der Waals surface area (Å²) in [7, 11) is 0. The average molecular weight is 300 g/mol. The molecule has 2 rings (SSSR count). The van der Waals surface area contributed by atoms with Gasteiger partial charge in [0.1, 0.15) is 18.2 Å². The van der Waals surface area contributed by atoms with E-state index in [1.165, 1.54) is 24.6 Å². The molecule has 1 aromatic carbocycles. The Balaban J connectivity index is 1.69. The van der Waals surface area contributed by atoms with Crippen LogP contribution in [0.4, 0.5) is 4.39 Å². The van der Waals surface area contributed by atoms with E-state index < -0.39 is 5.82 Å². The zero-order valence-electron chi connectivity index (χ0n) is 11.3. The first kappa shape index (κ1) is 15.1. The lowest BCUT2D eigenvalue weighted by atomic mass is 9.89. The van der Waals surface area contributed by atoms with E-state index in [1.807, 2.05) is 0 Å². The molecule has 0 atom stereocenters. The first-order chi connectivity index (χ1) is 9.66. The highest BCUT2D eigenvalue weighted by atomic mass is 35.5. The van der Waals surface area contributed by atoms with Gasteiger partial charge < -0.3 is 10.1 Å². The molecule has 0 aromatic heterocycles. The van der Waals surface area contributed by atoms with Gasteiger partial charge in [0.2, 0.25) is 5.91 Å². The maximum Gasteiger partial charge on any atom is 0.223 e. The highest BCUT2D eigenvalue weighted by molar-refractivity contribution is 6.32. The highest BCUT2D eigenvalue weighted by Gasteiger charge is 2.20. The number of carbonyl (C=O) groups is 1. The summed E-state index contributed by atoms with van der Waals surface area (Å²) in [5, 5.41) is 3.11. The van der Waals surface area contributed by atoms with Crippen molar-refractivity contribution in [1.82, 2.24) is 5.32 Å². The maximum absolute atomic E-state index is 12.9. The SMILES string of the molecule is O=C(NCCOc1ccc(F)cc1Cl)C1CCCCC1. The third-order valence-electron chi connectivity index (χ3n) is 3.53. The van der Waals surface area contributed by atoms with Crippen LogP contribution < -0.4 is 10.1 Å². The topological polar surface area (TPSA) is 38.3 Å². The van der Waals surface area contributed by atoms with Gasteiger partial charge >= 0.3 is 0 Å². The third kappa shape index (κ3) is 4.37. The van der Waals surface area contributed by atoms with Gasteiger partial charge in [-0.3, -0.25) is 4.79 Å². The molecule has 20 heavy (non-hydrogen) atoms. The van der Waals surface area contributed by atoms with E-state index in [4.69, 9.17) is 16.3 Å². The quantitative estimate of drug-likeness (QED) is 0.844. The number of hydrogen-bond donors (Lipinski definition) is 1. The largest absolute Gasteiger partial charge is 0.490 e. The normalized spacial score (nSPS) is 15.9. The molecule has 1 N–H and O–H groups in total. The number of nitrogens with one attached hydrogen (secondary N) is 1. The molecule has 5 heteroatoms. The van der Waals surface area contributed by atoms with Crippen LogP contribution in [0.25, 0.3) is 0 Å². The zero-order valence-corrected chi connectivity index (χ0v) is 12.1. The fourth-order valence-electron chi connectivity index (χ4n) is 2.44. The van der Waals surface area contributed by atoms with E-state index in [2.05, 4.69) is 5.32 Å². The molecule has 0 radical (unpaired) electrons. The molecule has 0 heterocycles. The van der Waals surface area contributed by atoms with Crippen molar-refractivity contribution in [2.45, 2.75) is 32.1 Å². The Morgan fingerprint density at radius 1 is 1.35 bits per heavy atom. The van der Waals surface area contributed by atoms with Crippen LogP contribution in [0.3, 0.4) is 0 Å². The maximum atomic E-state index is 12.9. The monoisotopic (exact) mass is 299 g/mol. The van der Waals surface area contributed by atoms with Gasteiger partial charge in [-0.1, -0.05) is 30.9 Å². The minimum atomic E-state index is -0.395. The Hall–Kier alpha value is -1.29. The first-order valence-corrected chi connectivity index (χ1v) is 7.40. The van der Waals surface area contributed by atoms with Gasteiger partial charge in [0, 0.05) is 5.92 Å². The summed E-state index contributed by atoms with van der Waals surface area (Å²) < 4.78 is 18.3. The number of carbonyl (C=O) groups excluding carboxylic acids is 1. The van der Waals surface area contributed by atoms with Crippen molar-refractivity contribution in [3.05, 3.63) is 29.0 Å². The van der Waals surface area contributed by atoms with E-state index in [9.17, 15) is 9.18 Å². The lowest BCUT2D eigenvalue weighted by Gasteiger charge is -2.20. The molecule has 3 nitrogen and oxygen atoms in total. The number of rotatable bonds is 5. The van der Waals surface area contributed by atoms with Crippen molar-refractivity contribution < 1.29 is 13.9 Å². The van der Waals surface area contributed by atoms with Gasteiger partial charge in [-0.25, -0.2) is 4.39 Å². The van der Waals surface area contributed by atoms with Crippen LogP contribution in [0, 0.1) is 11.7 Å². The predicted molar refractivity (Wildman–Crippen MR) is 76.5 cm³/mol. The summed E-state index contributed by atoms with van der Waals surface area (Å²) in [6, 6.07) is 3.99. The molecule has 1 aliphatic carbocycles. The lowest BCUT2D eigenvalue weighted by Crippen LogP contribution is -2.34. The Morgan fingerprint density at radius 2 is 2.10 bits per heavy atom. The summed E-state index contributed by atoms with van der Waals surface area (Å²) in [6.07, 6.45) is 5.47. The molecular weight excluding hydrogens is 281 g/mol. The molecule has 0 aliphatic heterocycles. The Kier molecular flexibility index (Phi) is 5.65. The van der Waals surface area contributed by atoms with Crippen molar-refractivity contribution in [3.63, 3.8) is 0 Å². The second-order valence-electron chi connectivity index (χ2n) is 5.05. The summed E-state index contributed by atoms with van der Waals surface area (Å²) in [5.41, 5.74) is 0. The van der Waals surface area contributed by atoms with Crippen LogP contribution in [0.15, 0.2) is 18.2 Å². The van der Waals surface area contributed by atoms with E-state index >= 15 is 0 Å². The molecule has 0 bridgehead atoms. The summed E-state index contributed by atoms with van der Waals surface area (Å²) in [5.74, 6) is 0.296. The minimum Gasteiger partial charge on any atom is -0.490 e. The van der Waals surface area contributed by atoms with Crippen molar-refractivity contribution in [2.75, 3.05) is 13.2 Å². The molecule has 1 aliphatic rings. The zero-order chi connectivity index (χ0) is 14.4. The van der Waals surface area contributed by atoms with Crippen LogP contribution >= 0.6 is 11.6 Å². The molecule has 1 saturated carbocycles. The van der Waals surface area contributed by atoms with Gasteiger partial charge in [-0.15, -0.1) is 0 Å². The molecule has 1 fully saturated rings. The number of amides is 1. The summed E-state index contributed by atoms with van der Waals surface area (Å²) in [4.78, 5) is 11.9. The number of ether oxygens (including phenoxy) is 1. The molecule has 1 aromatic rings. The van der Waals surface area contributed by atoms with Crippen LogP contribution in [-0.2, 0) is 4.79 Å². The predicted octanol–water partition coefficient (Wildman–Crippen LogP) is 3.55. The highest BCUT2D eigenvalue weighted by Crippen LogP contribution is 2.25. The molecule has 0 unspecified atom stereocenters. The Morgan fingerprint density at radius 3 is 2.80 bits per heavy atom. The molecule has 110 valence electrons. The molecule has 0 saturated heterocycles. The van der Waals surface area contributed by atoms with Gasteiger partial charge in [0.05, 0.1) is 11.6 Å². The van der Waals surface area contributed by atoms with Crippen LogP contribution in [0.5, 0.6) is 5.75 Å². The summed E-state index contributed by atoms with van der Waals surface area (Å²) in [6.45, 7) is 0.757. The van der Waals surface area contributed by atoms with E-state index in [1.54, 1.807) is 0 Å². The standard InChI is InChI=1S/C15H19ClFNO2/c16-13-10-12(17)6-7-14(13)20-9-8-18-15(19)11-4-2-1-3-5-11/h6-7,10-11H,1-5,8-9H2,(H,18,19). The van der Waals surface area contributed by atoms with Crippen molar-refractivity contribution in [3.8, 4) is 5.75 Å². The first-order valence-electron chi connectivity index (χ1n) is 7.02. The Labute approximate surface area is 123 Å². The third-order valence-corrected chi connectivity index (χ3v) is 3.82. The van der Waals surface area contributed by atoms with Crippen molar-refractivity contribution in [2.24, 2.45) is 5.92 Å². The smallest absolute Gasteiger partial charge is 0.223 e. The average Bonchev–Trinajstić information content (AvgIpc) is 2.46. The van der Waals surface area contributed by atoms with E-state index in [0.29, 0.717) is 18.9 Å². The van der Waals surface area contributed by atoms with Crippen molar-refractivity contribution >= 4 is 17.5 Å². The van der Waals surface area contributed by atoms with Gasteiger partial charge in [0.25, 0.3) is 0 Å². The van der Waals surface area contributed by atoms with Crippen molar-refractivity contribution in [1.29, 1.82) is 0 Å². The number of halogens is 2. The minimum absolute atomic E-state index is 0.110. The lowest BCUT2D eigenvalue weighted by molar-refractivity contribution is -0.126. The Bertz CT molecular complexity index is 461. The number of benzene rings is 1. The second-order valence-corrected chi connectivity index (χ2v) is 5.46. The fraction of sp³-hybridized carbons (Fsp3) is 0.533. The van der Waals surface area contributed by atoms with Crippen LogP contribution in [0.1, 0.15) is 32.1 Å². The second kappa shape index (κ2) is 7.48. The van der Waals surface area contributed by atoms with Crippen LogP contribution in [-0.4, -0.2) is 19.1 Å². The molecule has 1 amide bonds. The van der Waals surface area contributed by atoms with Gasteiger partial charge in [-0.2, -0.15) is 0 Å². The number of hydrogen-bond acceptors (Lipinski definition) is 2.